The van der Waals surface area contributed by atoms with Crippen LogP contribution < -0.4 is 11.1 Å². The summed E-state index contributed by atoms with van der Waals surface area (Å²) in [5.74, 6) is 0.00161. The molecule has 7 nitrogen and oxygen atoms in total. The third kappa shape index (κ3) is 2.40. The average Bonchev–Trinajstić information content (AvgIpc) is 2.76. The van der Waals surface area contributed by atoms with E-state index in [1.165, 1.54) is 19.4 Å². The highest BCUT2D eigenvalue weighted by Crippen LogP contribution is 2.19. The lowest BCUT2D eigenvalue weighted by molar-refractivity contribution is 0.0602. The van der Waals surface area contributed by atoms with Gasteiger partial charge in [-0.2, -0.15) is 5.10 Å². The molecule has 0 unspecified atom stereocenters. The fourth-order valence-electron chi connectivity index (χ4n) is 1.45. The second kappa shape index (κ2) is 4.74. The van der Waals surface area contributed by atoms with Crippen molar-refractivity contribution in [1.29, 1.82) is 0 Å². The molecule has 0 saturated heterocycles. The monoisotopic (exact) mass is 247 g/mol. The molecule has 2 aromatic heterocycles. The summed E-state index contributed by atoms with van der Waals surface area (Å²) in [6.45, 7) is 0. The number of methoxy groups -OCH3 is 1. The van der Waals surface area contributed by atoms with Crippen molar-refractivity contribution in [1.82, 2.24) is 14.8 Å². The topological polar surface area (TPSA) is 95.1 Å². The molecule has 7 heteroatoms. The molecule has 0 atom stereocenters. The summed E-state index contributed by atoms with van der Waals surface area (Å²) in [6.07, 6.45) is 4.84. The van der Waals surface area contributed by atoms with Crippen molar-refractivity contribution in [2.24, 2.45) is 7.05 Å². The number of aromatic nitrogens is 3. The van der Waals surface area contributed by atoms with Gasteiger partial charge in [0.25, 0.3) is 0 Å². The van der Waals surface area contributed by atoms with Gasteiger partial charge in [0.05, 0.1) is 36.4 Å². The van der Waals surface area contributed by atoms with Gasteiger partial charge < -0.3 is 15.8 Å². The quantitative estimate of drug-likeness (QED) is 0.783. The van der Waals surface area contributed by atoms with Crippen LogP contribution >= 0.6 is 0 Å². The number of aryl methyl sites for hydroxylation is 1. The van der Waals surface area contributed by atoms with Crippen LogP contribution in [0.3, 0.4) is 0 Å². The molecule has 0 aromatic carbocycles. The predicted octanol–water partition coefficient (Wildman–Crippen LogP) is 0.927. The highest BCUT2D eigenvalue weighted by molar-refractivity contribution is 5.95. The zero-order valence-corrected chi connectivity index (χ0v) is 10.0. The number of nitrogens with zero attached hydrogens (tertiary/aromatic N) is 3. The van der Waals surface area contributed by atoms with Crippen LogP contribution in [0.2, 0.25) is 0 Å². The maximum atomic E-state index is 11.5. The van der Waals surface area contributed by atoms with Gasteiger partial charge in [-0.05, 0) is 6.07 Å². The van der Waals surface area contributed by atoms with Crippen LogP contribution in [0.1, 0.15) is 10.4 Å². The number of ether oxygens (including phenoxy) is 1. The molecule has 94 valence electrons. The van der Waals surface area contributed by atoms with Gasteiger partial charge in [-0.1, -0.05) is 0 Å². The summed E-state index contributed by atoms with van der Waals surface area (Å²) in [6, 6.07) is 1.54. The highest BCUT2D eigenvalue weighted by Gasteiger charge is 2.11. The molecule has 3 N–H and O–H groups in total. The lowest BCUT2D eigenvalue weighted by atomic mass is 10.2. The number of esters is 1. The largest absolute Gasteiger partial charge is 0.465 e. The molecule has 0 amide bonds. The molecule has 0 aliphatic heterocycles. The van der Waals surface area contributed by atoms with Gasteiger partial charge >= 0.3 is 5.97 Å². The first-order valence-electron chi connectivity index (χ1n) is 5.19. The van der Waals surface area contributed by atoms with Crippen LogP contribution in [0.5, 0.6) is 0 Å². The standard InChI is InChI=1S/C11H13N5O2/c1-16-6-7(4-14-16)15-10-3-8(11(17)18-2)9(12)5-13-10/h3-6H,12H2,1-2H3,(H,13,15). The Morgan fingerprint density at radius 1 is 1.50 bits per heavy atom. The molecule has 0 bridgehead atoms. The maximum absolute atomic E-state index is 11.5. The predicted molar refractivity (Wildman–Crippen MR) is 66.5 cm³/mol. The van der Waals surface area contributed by atoms with Crippen molar-refractivity contribution in [3.8, 4) is 0 Å². The van der Waals surface area contributed by atoms with Crippen molar-refractivity contribution in [3.05, 3.63) is 30.2 Å². The Morgan fingerprint density at radius 3 is 2.89 bits per heavy atom. The number of pyridine rings is 1. The fourth-order valence-corrected chi connectivity index (χ4v) is 1.45. The molecule has 0 fully saturated rings. The van der Waals surface area contributed by atoms with Crippen molar-refractivity contribution >= 4 is 23.2 Å². The van der Waals surface area contributed by atoms with Gasteiger partial charge in [0.1, 0.15) is 5.82 Å². The number of rotatable bonds is 3. The summed E-state index contributed by atoms with van der Waals surface area (Å²) in [5.41, 5.74) is 6.98. The van der Waals surface area contributed by atoms with Gasteiger partial charge in [-0.3, -0.25) is 4.68 Å². The van der Waals surface area contributed by atoms with Crippen LogP contribution in [0.4, 0.5) is 17.2 Å². The molecular formula is C11H13N5O2. The molecule has 2 rings (SSSR count). The van der Waals surface area contributed by atoms with Crippen LogP contribution in [-0.2, 0) is 11.8 Å². The zero-order valence-electron chi connectivity index (χ0n) is 10.0. The summed E-state index contributed by atoms with van der Waals surface area (Å²) in [4.78, 5) is 15.5. The minimum absolute atomic E-state index is 0.276. The third-order valence-electron chi connectivity index (χ3n) is 2.32. The van der Waals surface area contributed by atoms with E-state index in [9.17, 15) is 4.79 Å². The third-order valence-corrected chi connectivity index (χ3v) is 2.32. The zero-order chi connectivity index (χ0) is 13.1. The van der Waals surface area contributed by atoms with Crippen molar-refractivity contribution in [2.45, 2.75) is 0 Å². The minimum atomic E-state index is -0.496. The number of hydrogen-bond donors (Lipinski definition) is 2. The summed E-state index contributed by atoms with van der Waals surface area (Å²) >= 11 is 0. The first-order valence-corrected chi connectivity index (χ1v) is 5.19. The number of nitrogens with two attached hydrogens (primary N) is 1. The first kappa shape index (κ1) is 11.9. The number of carbonyl (C=O) groups is 1. The van der Waals surface area contributed by atoms with Gasteiger partial charge in [-0.15, -0.1) is 0 Å². The SMILES string of the molecule is COC(=O)c1cc(Nc2cnn(C)c2)ncc1N. The molecule has 0 aliphatic carbocycles. The summed E-state index contributed by atoms with van der Waals surface area (Å²) in [5, 5.41) is 7.03. The van der Waals surface area contributed by atoms with E-state index in [1.807, 2.05) is 7.05 Å². The van der Waals surface area contributed by atoms with Crippen LogP contribution in [-0.4, -0.2) is 27.8 Å². The Kier molecular flexibility index (Phi) is 3.13. The van der Waals surface area contributed by atoms with Crippen LogP contribution in [0.15, 0.2) is 24.7 Å². The first-order chi connectivity index (χ1) is 8.60. The van der Waals surface area contributed by atoms with Gasteiger partial charge in [-0.25, -0.2) is 9.78 Å². The number of anilines is 3. The Morgan fingerprint density at radius 2 is 2.28 bits per heavy atom. The van der Waals surface area contributed by atoms with E-state index in [4.69, 9.17) is 5.73 Å². The molecule has 2 heterocycles. The Balaban J connectivity index is 2.27. The normalized spacial score (nSPS) is 10.1. The van der Waals surface area contributed by atoms with E-state index in [-0.39, 0.29) is 11.3 Å². The lowest BCUT2D eigenvalue weighted by Gasteiger charge is -2.07. The fraction of sp³-hybridized carbons (Fsp3) is 0.182. The Bertz CT molecular complexity index is 579. The van der Waals surface area contributed by atoms with E-state index < -0.39 is 5.97 Å². The second-order valence-electron chi connectivity index (χ2n) is 3.68. The molecular weight excluding hydrogens is 234 g/mol. The van der Waals surface area contributed by atoms with E-state index in [1.54, 1.807) is 17.1 Å². The van der Waals surface area contributed by atoms with Crippen LogP contribution in [0.25, 0.3) is 0 Å². The lowest BCUT2D eigenvalue weighted by Crippen LogP contribution is -2.07. The van der Waals surface area contributed by atoms with Crippen molar-refractivity contribution in [2.75, 3.05) is 18.2 Å². The van der Waals surface area contributed by atoms with Crippen molar-refractivity contribution in [3.63, 3.8) is 0 Å². The average molecular weight is 247 g/mol. The highest BCUT2D eigenvalue weighted by atomic mass is 16.5. The number of hydrogen-bond acceptors (Lipinski definition) is 6. The van der Waals surface area contributed by atoms with E-state index >= 15 is 0 Å². The van der Waals surface area contributed by atoms with E-state index in [2.05, 4.69) is 20.1 Å². The Hall–Kier alpha value is -2.57. The summed E-state index contributed by atoms with van der Waals surface area (Å²) < 4.78 is 6.29. The molecule has 2 aromatic rings. The second-order valence-corrected chi connectivity index (χ2v) is 3.68. The Labute approximate surface area is 104 Å². The van der Waals surface area contributed by atoms with Gasteiger partial charge in [0.2, 0.25) is 0 Å². The number of nitrogens with one attached hydrogen (secondary N) is 1. The molecule has 0 radical (unpaired) electrons. The summed E-state index contributed by atoms with van der Waals surface area (Å²) in [7, 11) is 3.11. The van der Waals surface area contributed by atoms with E-state index in [0.717, 1.165) is 5.69 Å². The van der Waals surface area contributed by atoms with Gasteiger partial charge in [0, 0.05) is 13.2 Å². The molecule has 18 heavy (non-hydrogen) atoms. The number of carbonyl (C=O) groups excluding carboxylic acids is 1. The minimum Gasteiger partial charge on any atom is -0.465 e. The van der Waals surface area contributed by atoms with Crippen molar-refractivity contribution < 1.29 is 9.53 Å². The number of nitrogen functional groups attached to an aromatic ring is 1. The van der Waals surface area contributed by atoms with E-state index in [0.29, 0.717) is 5.82 Å². The molecule has 0 spiro atoms. The smallest absolute Gasteiger partial charge is 0.340 e. The molecule has 0 saturated carbocycles. The maximum Gasteiger partial charge on any atom is 0.340 e. The van der Waals surface area contributed by atoms with Crippen LogP contribution in [0, 0.1) is 0 Å². The van der Waals surface area contributed by atoms with Gasteiger partial charge in [0.15, 0.2) is 0 Å². The molecule has 0 aliphatic rings.